The van der Waals surface area contributed by atoms with Crippen molar-refractivity contribution >= 4 is 5.91 Å². The molecule has 1 unspecified atom stereocenters. The van der Waals surface area contributed by atoms with Crippen molar-refractivity contribution in [3.63, 3.8) is 0 Å². The lowest BCUT2D eigenvalue weighted by atomic mass is 9.90. The minimum Gasteiger partial charge on any atom is -0.381 e. The van der Waals surface area contributed by atoms with Gasteiger partial charge in [0, 0.05) is 25.1 Å². The van der Waals surface area contributed by atoms with Crippen molar-refractivity contribution in [2.75, 3.05) is 32.8 Å². The number of hydrogen-bond donors (Lipinski definition) is 2. The number of nitrogens with one attached hydrogen (secondary N) is 2. The maximum Gasteiger partial charge on any atom is 0.224 e. The molecule has 2 heterocycles. The van der Waals surface area contributed by atoms with E-state index in [4.69, 9.17) is 4.74 Å². The molecule has 86 valence electrons. The van der Waals surface area contributed by atoms with Crippen LogP contribution in [0.15, 0.2) is 0 Å². The van der Waals surface area contributed by atoms with Crippen LogP contribution in [-0.4, -0.2) is 38.8 Å². The molecule has 2 saturated heterocycles. The smallest absolute Gasteiger partial charge is 0.224 e. The normalized spacial score (nSPS) is 35.7. The average Bonchev–Trinajstić information content (AvgIpc) is 2.85. The van der Waals surface area contributed by atoms with Crippen molar-refractivity contribution in [2.24, 2.45) is 11.3 Å². The van der Waals surface area contributed by atoms with Gasteiger partial charge in [0.25, 0.3) is 0 Å². The predicted octanol–water partition coefficient (Wildman–Crippen LogP) is 0.139. The van der Waals surface area contributed by atoms with Gasteiger partial charge in [0.2, 0.25) is 5.91 Å². The molecule has 1 amide bonds. The Bertz CT molecular complexity index is 231. The summed E-state index contributed by atoms with van der Waals surface area (Å²) in [4.78, 5) is 11.8. The summed E-state index contributed by atoms with van der Waals surface area (Å²) in [7, 11) is 0. The van der Waals surface area contributed by atoms with E-state index in [1.807, 2.05) is 0 Å². The second-order valence-corrected chi connectivity index (χ2v) is 5.02. The molecule has 2 aliphatic heterocycles. The first-order chi connectivity index (χ1) is 7.20. The highest BCUT2D eigenvalue weighted by Crippen LogP contribution is 2.26. The van der Waals surface area contributed by atoms with E-state index in [0.717, 1.165) is 45.7 Å². The lowest BCUT2D eigenvalue weighted by Crippen LogP contribution is -2.39. The van der Waals surface area contributed by atoms with Gasteiger partial charge in [0.1, 0.15) is 0 Å². The summed E-state index contributed by atoms with van der Waals surface area (Å²) in [6.45, 7) is 6.33. The third-order valence-corrected chi connectivity index (χ3v) is 3.42. The Morgan fingerprint density at radius 1 is 1.67 bits per heavy atom. The highest BCUT2D eigenvalue weighted by Gasteiger charge is 2.31. The van der Waals surface area contributed by atoms with Crippen molar-refractivity contribution in [3.05, 3.63) is 0 Å². The molecular weight excluding hydrogens is 192 g/mol. The fourth-order valence-corrected chi connectivity index (χ4v) is 2.17. The SMILES string of the molecule is CC1(CNC(=O)[C@@H]2CCNC2)CCOC1. The number of hydrogen-bond acceptors (Lipinski definition) is 3. The molecule has 2 aliphatic rings. The Kier molecular flexibility index (Phi) is 3.26. The van der Waals surface area contributed by atoms with E-state index < -0.39 is 0 Å². The Morgan fingerprint density at radius 2 is 2.53 bits per heavy atom. The van der Waals surface area contributed by atoms with Gasteiger partial charge in [-0.15, -0.1) is 0 Å². The van der Waals surface area contributed by atoms with E-state index in [2.05, 4.69) is 17.6 Å². The average molecular weight is 212 g/mol. The molecule has 2 N–H and O–H groups in total. The first kappa shape index (κ1) is 10.9. The van der Waals surface area contributed by atoms with Crippen LogP contribution in [0.4, 0.5) is 0 Å². The zero-order valence-electron chi connectivity index (χ0n) is 9.34. The molecule has 2 rings (SSSR count). The minimum absolute atomic E-state index is 0.154. The summed E-state index contributed by atoms with van der Waals surface area (Å²) in [6, 6.07) is 0. The van der Waals surface area contributed by atoms with Crippen LogP contribution in [-0.2, 0) is 9.53 Å². The molecule has 0 spiro atoms. The molecular formula is C11H20N2O2. The second kappa shape index (κ2) is 4.49. The molecule has 0 bridgehead atoms. The maximum atomic E-state index is 11.8. The molecule has 0 aromatic carbocycles. The molecule has 0 aromatic rings. The molecule has 0 aliphatic carbocycles. The third-order valence-electron chi connectivity index (χ3n) is 3.42. The number of rotatable bonds is 3. The van der Waals surface area contributed by atoms with Gasteiger partial charge in [-0.2, -0.15) is 0 Å². The van der Waals surface area contributed by atoms with Crippen molar-refractivity contribution in [1.29, 1.82) is 0 Å². The van der Waals surface area contributed by atoms with E-state index in [-0.39, 0.29) is 17.2 Å². The largest absolute Gasteiger partial charge is 0.381 e. The van der Waals surface area contributed by atoms with Crippen molar-refractivity contribution < 1.29 is 9.53 Å². The summed E-state index contributed by atoms with van der Waals surface area (Å²) in [6.07, 6.45) is 2.02. The monoisotopic (exact) mass is 212 g/mol. The van der Waals surface area contributed by atoms with Gasteiger partial charge in [-0.3, -0.25) is 4.79 Å². The fraction of sp³-hybridized carbons (Fsp3) is 0.909. The van der Waals surface area contributed by atoms with Gasteiger partial charge in [-0.25, -0.2) is 0 Å². The van der Waals surface area contributed by atoms with Gasteiger partial charge < -0.3 is 15.4 Å². The van der Waals surface area contributed by atoms with Crippen LogP contribution in [0.5, 0.6) is 0 Å². The molecule has 0 saturated carbocycles. The fourth-order valence-electron chi connectivity index (χ4n) is 2.17. The lowest BCUT2D eigenvalue weighted by molar-refractivity contribution is -0.124. The van der Waals surface area contributed by atoms with Gasteiger partial charge in [0.15, 0.2) is 0 Å². The summed E-state index contributed by atoms with van der Waals surface area (Å²) < 4.78 is 5.35. The second-order valence-electron chi connectivity index (χ2n) is 5.02. The Labute approximate surface area is 90.8 Å². The molecule has 2 fully saturated rings. The van der Waals surface area contributed by atoms with Crippen LogP contribution in [0.2, 0.25) is 0 Å². The van der Waals surface area contributed by atoms with Gasteiger partial charge in [0.05, 0.1) is 12.5 Å². The van der Waals surface area contributed by atoms with Crippen molar-refractivity contribution in [2.45, 2.75) is 19.8 Å². The van der Waals surface area contributed by atoms with Crippen LogP contribution < -0.4 is 10.6 Å². The minimum atomic E-state index is 0.154. The standard InChI is InChI=1S/C11H20N2O2/c1-11(3-5-15-8-11)7-13-10(14)9-2-4-12-6-9/h9,12H,2-8H2,1H3,(H,13,14)/t9-,11?/m1/s1. The van der Waals surface area contributed by atoms with E-state index in [1.54, 1.807) is 0 Å². The van der Waals surface area contributed by atoms with Gasteiger partial charge in [-0.1, -0.05) is 6.92 Å². The van der Waals surface area contributed by atoms with Gasteiger partial charge in [-0.05, 0) is 19.4 Å². The van der Waals surface area contributed by atoms with Crippen LogP contribution in [0, 0.1) is 11.3 Å². The summed E-state index contributed by atoms with van der Waals surface area (Å²) in [5.41, 5.74) is 0.154. The number of carbonyl (C=O) groups excluding carboxylic acids is 1. The number of ether oxygens (including phenoxy) is 1. The summed E-state index contributed by atoms with van der Waals surface area (Å²) in [5.74, 6) is 0.379. The Hall–Kier alpha value is -0.610. The Morgan fingerprint density at radius 3 is 3.13 bits per heavy atom. The highest BCUT2D eigenvalue weighted by molar-refractivity contribution is 5.79. The molecule has 15 heavy (non-hydrogen) atoms. The zero-order chi connectivity index (χ0) is 10.7. The Balaban J connectivity index is 1.74. The highest BCUT2D eigenvalue weighted by atomic mass is 16.5. The molecule has 2 atom stereocenters. The van der Waals surface area contributed by atoms with E-state index in [1.165, 1.54) is 0 Å². The van der Waals surface area contributed by atoms with Crippen LogP contribution in [0.1, 0.15) is 19.8 Å². The first-order valence-corrected chi connectivity index (χ1v) is 5.76. The summed E-state index contributed by atoms with van der Waals surface area (Å²) >= 11 is 0. The maximum absolute atomic E-state index is 11.8. The molecule has 4 heteroatoms. The molecule has 0 aromatic heterocycles. The summed E-state index contributed by atoms with van der Waals surface area (Å²) in [5, 5.41) is 6.25. The topological polar surface area (TPSA) is 50.4 Å². The molecule has 0 radical (unpaired) electrons. The van der Waals surface area contributed by atoms with Crippen LogP contribution in [0.3, 0.4) is 0 Å². The number of carbonyl (C=O) groups is 1. The zero-order valence-corrected chi connectivity index (χ0v) is 9.34. The van der Waals surface area contributed by atoms with Gasteiger partial charge >= 0.3 is 0 Å². The van der Waals surface area contributed by atoms with E-state index in [9.17, 15) is 4.79 Å². The van der Waals surface area contributed by atoms with Crippen LogP contribution in [0.25, 0.3) is 0 Å². The van der Waals surface area contributed by atoms with E-state index >= 15 is 0 Å². The lowest BCUT2D eigenvalue weighted by Gasteiger charge is -2.22. The van der Waals surface area contributed by atoms with Crippen molar-refractivity contribution in [3.8, 4) is 0 Å². The quantitative estimate of drug-likeness (QED) is 0.699. The van der Waals surface area contributed by atoms with E-state index in [0.29, 0.717) is 0 Å². The molecule has 4 nitrogen and oxygen atoms in total. The van der Waals surface area contributed by atoms with Crippen LogP contribution >= 0.6 is 0 Å². The van der Waals surface area contributed by atoms with Crippen molar-refractivity contribution in [1.82, 2.24) is 10.6 Å². The predicted molar refractivity (Wildman–Crippen MR) is 57.5 cm³/mol. The number of amides is 1. The third kappa shape index (κ3) is 2.69. The first-order valence-electron chi connectivity index (χ1n) is 5.76.